The van der Waals surface area contributed by atoms with Crippen molar-refractivity contribution in [1.29, 1.82) is 0 Å². The largest absolute Gasteiger partial charge is 0.453 e. The molecule has 2 amide bonds. The summed E-state index contributed by atoms with van der Waals surface area (Å²) < 4.78 is 4.65. The molecule has 122 valence electrons. The molecule has 2 aliphatic rings. The lowest BCUT2D eigenvalue weighted by Crippen LogP contribution is -2.53. The normalized spacial score (nSPS) is 25.4. The van der Waals surface area contributed by atoms with Crippen LogP contribution in [0.25, 0.3) is 0 Å². The van der Waals surface area contributed by atoms with Crippen LogP contribution in [0, 0.1) is 11.8 Å². The van der Waals surface area contributed by atoms with Crippen LogP contribution in [0.3, 0.4) is 0 Å². The fourth-order valence-corrected chi connectivity index (χ4v) is 3.27. The molecule has 0 bridgehead atoms. The molecule has 1 unspecified atom stereocenters. The Morgan fingerprint density at radius 2 is 2.09 bits per heavy atom. The summed E-state index contributed by atoms with van der Waals surface area (Å²) in [4.78, 5) is 26.4. The van der Waals surface area contributed by atoms with Crippen LogP contribution in [0.4, 0.5) is 4.79 Å². The van der Waals surface area contributed by atoms with Gasteiger partial charge in [0.2, 0.25) is 5.91 Å². The van der Waals surface area contributed by atoms with E-state index >= 15 is 0 Å². The van der Waals surface area contributed by atoms with Crippen LogP contribution in [-0.2, 0) is 9.53 Å². The summed E-state index contributed by atoms with van der Waals surface area (Å²) in [6.45, 7) is 4.64. The first-order valence-corrected chi connectivity index (χ1v) is 8.03. The first-order valence-electron chi connectivity index (χ1n) is 8.03. The highest BCUT2D eigenvalue weighted by Crippen LogP contribution is 2.30. The highest BCUT2D eigenvalue weighted by molar-refractivity contribution is 5.86. The maximum absolute atomic E-state index is 12.9. The zero-order valence-corrected chi connectivity index (χ0v) is 13.6. The topological polar surface area (TPSA) is 58.6 Å². The molecule has 5 nitrogen and oxygen atoms in total. The van der Waals surface area contributed by atoms with Crippen molar-refractivity contribution in [3.63, 3.8) is 0 Å². The van der Waals surface area contributed by atoms with E-state index in [0.717, 1.165) is 25.8 Å². The zero-order valence-electron chi connectivity index (χ0n) is 13.6. The summed E-state index contributed by atoms with van der Waals surface area (Å²) in [5.41, 5.74) is 0. The zero-order chi connectivity index (χ0) is 16.1. The molecule has 22 heavy (non-hydrogen) atoms. The standard InChI is InChI=1S/C17H26N2O3/c1-12(2)15(18-17(21)22-3)16(20)19-11-7-10-14(19)13-8-5-4-6-9-13/h4-6,8,12-15H,7,9-11H2,1-3H3,(H,18,21)/t13?,14-,15-/m0/s1. The molecule has 2 rings (SSSR count). The van der Waals surface area contributed by atoms with Gasteiger partial charge in [-0.3, -0.25) is 4.79 Å². The summed E-state index contributed by atoms with van der Waals surface area (Å²) in [6, 6.07) is -0.300. The smallest absolute Gasteiger partial charge is 0.407 e. The molecular weight excluding hydrogens is 280 g/mol. The van der Waals surface area contributed by atoms with Crippen LogP contribution in [0.5, 0.6) is 0 Å². The Labute approximate surface area is 132 Å². The third-order valence-electron chi connectivity index (χ3n) is 4.48. The number of carbonyl (C=O) groups excluding carboxylic acids is 2. The van der Waals surface area contributed by atoms with E-state index in [-0.39, 0.29) is 17.9 Å². The molecule has 0 saturated carbocycles. The molecule has 0 radical (unpaired) electrons. The number of amides is 2. The minimum atomic E-state index is -0.553. The number of hydrogen-bond acceptors (Lipinski definition) is 3. The molecule has 1 N–H and O–H groups in total. The highest BCUT2D eigenvalue weighted by Gasteiger charge is 2.38. The summed E-state index contributed by atoms with van der Waals surface area (Å²) in [6.07, 6.45) is 10.9. The molecule has 3 atom stereocenters. The molecular formula is C17H26N2O3. The lowest BCUT2D eigenvalue weighted by Gasteiger charge is -2.34. The van der Waals surface area contributed by atoms with Gasteiger partial charge in [0.25, 0.3) is 0 Å². The first kappa shape index (κ1) is 16.6. The van der Waals surface area contributed by atoms with Gasteiger partial charge in [0, 0.05) is 18.5 Å². The first-order chi connectivity index (χ1) is 10.5. The number of nitrogens with one attached hydrogen (secondary N) is 1. The second kappa shape index (κ2) is 7.47. The molecule has 1 aliphatic carbocycles. The number of methoxy groups -OCH3 is 1. The van der Waals surface area contributed by atoms with Gasteiger partial charge in [0.1, 0.15) is 6.04 Å². The van der Waals surface area contributed by atoms with E-state index in [4.69, 9.17) is 0 Å². The molecule has 0 aromatic carbocycles. The average molecular weight is 306 g/mol. The fourth-order valence-electron chi connectivity index (χ4n) is 3.27. The van der Waals surface area contributed by atoms with Crippen molar-refractivity contribution < 1.29 is 14.3 Å². The van der Waals surface area contributed by atoms with E-state index in [1.165, 1.54) is 7.11 Å². The fraction of sp³-hybridized carbons (Fsp3) is 0.647. The minimum Gasteiger partial charge on any atom is -0.453 e. The van der Waals surface area contributed by atoms with Crippen molar-refractivity contribution in [2.24, 2.45) is 11.8 Å². The Hall–Kier alpha value is -1.78. The van der Waals surface area contributed by atoms with Gasteiger partial charge in [0.05, 0.1) is 7.11 Å². The number of hydrogen-bond donors (Lipinski definition) is 1. The summed E-state index contributed by atoms with van der Waals surface area (Å²) in [7, 11) is 1.31. The Bertz CT molecular complexity index is 471. The molecule has 1 heterocycles. The summed E-state index contributed by atoms with van der Waals surface area (Å²) >= 11 is 0. The molecule has 5 heteroatoms. The van der Waals surface area contributed by atoms with Gasteiger partial charge in [-0.05, 0) is 25.2 Å². The molecule has 0 aromatic rings. The van der Waals surface area contributed by atoms with Crippen LogP contribution in [-0.4, -0.2) is 42.6 Å². The van der Waals surface area contributed by atoms with Gasteiger partial charge in [-0.1, -0.05) is 38.2 Å². The number of alkyl carbamates (subject to hydrolysis) is 1. The molecule has 0 aromatic heterocycles. The molecule has 1 fully saturated rings. The number of nitrogens with zero attached hydrogens (tertiary/aromatic N) is 1. The van der Waals surface area contributed by atoms with Crippen molar-refractivity contribution in [3.8, 4) is 0 Å². The van der Waals surface area contributed by atoms with Gasteiger partial charge in [-0.25, -0.2) is 4.79 Å². The van der Waals surface area contributed by atoms with Crippen LogP contribution in [0.2, 0.25) is 0 Å². The molecule has 1 saturated heterocycles. The van der Waals surface area contributed by atoms with Gasteiger partial charge >= 0.3 is 6.09 Å². The Balaban J connectivity index is 2.09. The molecule has 0 spiro atoms. The second-order valence-electron chi connectivity index (χ2n) is 6.31. The van der Waals surface area contributed by atoms with E-state index in [1.807, 2.05) is 24.8 Å². The van der Waals surface area contributed by atoms with E-state index in [9.17, 15) is 9.59 Å². The summed E-state index contributed by atoms with van der Waals surface area (Å²) in [5, 5.41) is 2.68. The predicted molar refractivity (Wildman–Crippen MR) is 85.3 cm³/mol. The Kier molecular flexibility index (Phi) is 5.63. The van der Waals surface area contributed by atoms with E-state index in [1.54, 1.807) is 0 Å². The maximum atomic E-state index is 12.9. The van der Waals surface area contributed by atoms with Crippen LogP contribution >= 0.6 is 0 Å². The van der Waals surface area contributed by atoms with Crippen molar-refractivity contribution >= 4 is 12.0 Å². The maximum Gasteiger partial charge on any atom is 0.407 e. The van der Waals surface area contributed by atoms with Crippen molar-refractivity contribution in [1.82, 2.24) is 10.2 Å². The van der Waals surface area contributed by atoms with E-state index in [0.29, 0.717) is 5.92 Å². The van der Waals surface area contributed by atoms with Crippen molar-refractivity contribution in [2.75, 3.05) is 13.7 Å². The summed E-state index contributed by atoms with van der Waals surface area (Å²) in [5.74, 6) is 0.405. The monoisotopic (exact) mass is 306 g/mol. The van der Waals surface area contributed by atoms with Crippen molar-refractivity contribution in [3.05, 3.63) is 24.3 Å². The molecule has 1 aliphatic heterocycles. The lowest BCUT2D eigenvalue weighted by molar-refractivity contribution is -0.135. The van der Waals surface area contributed by atoms with Gasteiger partial charge in [-0.15, -0.1) is 0 Å². The van der Waals surface area contributed by atoms with Crippen molar-refractivity contribution in [2.45, 2.75) is 45.2 Å². The van der Waals surface area contributed by atoms with Gasteiger partial charge in [-0.2, -0.15) is 0 Å². The number of ether oxygens (including phenoxy) is 1. The number of rotatable bonds is 4. The minimum absolute atomic E-state index is 0.00542. The van der Waals surface area contributed by atoms with Crippen LogP contribution in [0.1, 0.15) is 33.1 Å². The Morgan fingerprint density at radius 3 is 2.68 bits per heavy atom. The second-order valence-corrected chi connectivity index (χ2v) is 6.31. The van der Waals surface area contributed by atoms with Crippen LogP contribution < -0.4 is 5.32 Å². The lowest BCUT2D eigenvalue weighted by atomic mass is 9.90. The number of likely N-dealkylation sites (tertiary alicyclic amines) is 1. The van der Waals surface area contributed by atoms with Gasteiger partial charge < -0.3 is 15.0 Å². The average Bonchev–Trinajstić information content (AvgIpc) is 3.01. The third-order valence-corrected chi connectivity index (χ3v) is 4.48. The highest BCUT2D eigenvalue weighted by atomic mass is 16.5. The SMILES string of the molecule is COC(=O)N[C@H](C(=O)N1CCC[C@H]1C1C=CC=CC1)C(C)C. The number of allylic oxidation sites excluding steroid dienone is 3. The third kappa shape index (κ3) is 3.70. The van der Waals surface area contributed by atoms with Crippen LogP contribution in [0.15, 0.2) is 24.3 Å². The van der Waals surface area contributed by atoms with E-state index < -0.39 is 12.1 Å². The van der Waals surface area contributed by atoms with Gasteiger partial charge in [0.15, 0.2) is 0 Å². The Morgan fingerprint density at radius 1 is 1.32 bits per heavy atom. The predicted octanol–water partition coefficient (Wildman–Crippen LogP) is 2.49. The number of carbonyl (C=O) groups is 2. The van der Waals surface area contributed by atoms with E-state index in [2.05, 4.69) is 28.3 Å². The quantitative estimate of drug-likeness (QED) is 0.868.